The molecule has 0 bridgehead atoms. The van der Waals surface area contributed by atoms with Crippen molar-refractivity contribution in [1.29, 1.82) is 0 Å². The van der Waals surface area contributed by atoms with Crippen LogP contribution in [0.2, 0.25) is 0 Å². The molecule has 1 atom stereocenters. The third kappa shape index (κ3) is 8.24. The molecule has 0 radical (unpaired) electrons. The van der Waals surface area contributed by atoms with Crippen molar-refractivity contribution in [3.05, 3.63) is 11.9 Å². The van der Waals surface area contributed by atoms with Gasteiger partial charge in [-0.25, -0.2) is 9.59 Å². The predicted octanol–water partition coefficient (Wildman–Crippen LogP) is 2.09. The van der Waals surface area contributed by atoms with Crippen LogP contribution in [-0.4, -0.2) is 29.3 Å². The van der Waals surface area contributed by atoms with Gasteiger partial charge in [0.25, 0.3) is 0 Å². The van der Waals surface area contributed by atoms with Crippen molar-refractivity contribution in [3.63, 3.8) is 0 Å². The van der Waals surface area contributed by atoms with Crippen LogP contribution in [0.25, 0.3) is 0 Å². The molecular weight excluding hydrogens is 229 g/mol. The standard InChI is InChI=1S/C11H18FNO4/c1-7(5-8(12)9(14)15)6-13-10(16)17-11(2,3)4/h5,7H,6H2,1-4H3,(H,13,16)(H,14,15)/b8-5+. The maximum Gasteiger partial charge on any atom is 0.407 e. The average molecular weight is 247 g/mol. The highest BCUT2D eigenvalue weighted by molar-refractivity contribution is 5.83. The van der Waals surface area contributed by atoms with E-state index < -0.39 is 29.4 Å². The normalized spacial score (nSPS) is 14.1. The number of hydrogen-bond donors (Lipinski definition) is 2. The van der Waals surface area contributed by atoms with E-state index in [1.807, 2.05) is 0 Å². The molecular formula is C11H18FNO4. The van der Waals surface area contributed by atoms with Gasteiger partial charge in [0.1, 0.15) is 5.60 Å². The van der Waals surface area contributed by atoms with Crippen molar-refractivity contribution < 1.29 is 23.8 Å². The first-order valence-corrected chi connectivity index (χ1v) is 5.19. The molecule has 0 saturated carbocycles. The second-order valence-electron chi connectivity index (χ2n) is 4.68. The summed E-state index contributed by atoms with van der Waals surface area (Å²) in [4.78, 5) is 21.4. The van der Waals surface area contributed by atoms with Gasteiger partial charge in [-0.05, 0) is 32.8 Å². The van der Waals surface area contributed by atoms with Crippen LogP contribution >= 0.6 is 0 Å². The number of rotatable bonds is 4. The van der Waals surface area contributed by atoms with E-state index in [2.05, 4.69) is 5.32 Å². The summed E-state index contributed by atoms with van der Waals surface area (Å²) in [5.41, 5.74) is -0.602. The summed E-state index contributed by atoms with van der Waals surface area (Å²) < 4.78 is 17.6. The molecule has 0 fully saturated rings. The van der Waals surface area contributed by atoms with Crippen LogP contribution in [-0.2, 0) is 9.53 Å². The van der Waals surface area contributed by atoms with Crippen LogP contribution < -0.4 is 5.32 Å². The van der Waals surface area contributed by atoms with Crippen LogP contribution in [0.15, 0.2) is 11.9 Å². The highest BCUT2D eigenvalue weighted by Gasteiger charge is 2.16. The zero-order chi connectivity index (χ0) is 13.6. The van der Waals surface area contributed by atoms with Crippen molar-refractivity contribution in [2.24, 2.45) is 5.92 Å². The van der Waals surface area contributed by atoms with E-state index in [9.17, 15) is 14.0 Å². The number of hydrogen-bond acceptors (Lipinski definition) is 3. The van der Waals surface area contributed by atoms with E-state index in [0.29, 0.717) is 0 Å². The monoisotopic (exact) mass is 247 g/mol. The van der Waals surface area contributed by atoms with Gasteiger partial charge in [0.2, 0.25) is 5.83 Å². The van der Waals surface area contributed by atoms with E-state index in [-0.39, 0.29) is 6.54 Å². The first-order valence-electron chi connectivity index (χ1n) is 5.19. The molecule has 1 unspecified atom stereocenters. The van der Waals surface area contributed by atoms with Gasteiger partial charge in [-0.3, -0.25) is 0 Å². The van der Waals surface area contributed by atoms with E-state index in [1.54, 1.807) is 27.7 Å². The summed E-state index contributed by atoms with van der Waals surface area (Å²) in [6.07, 6.45) is 0.313. The minimum Gasteiger partial charge on any atom is -0.476 e. The molecule has 0 rings (SSSR count). The number of carbonyl (C=O) groups is 2. The first kappa shape index (κ1) is 15.4. The third-order valence-corrected chi connectivity index (χ3v) is 1.60. The number of aliphatic carboxylic acids is 1. The van der Waals surface area contributed by atoms with Crippen molar-refractivity contribution in [2.45, 2.75) is 33.3 Å². The predicted molar refractivity (Wildman–Crippen MR) is 60.2 cm³/mol. The largest absolute Gasteiger partial charge is 0.476 e. The zero-order valence-electron chi connectivity index (χ0n) is 10.4. The number of amides is 1. The molecule has 5 nitrogen and oxygen atoms in total. The lowest BCUT2D eigenvalue weighted by Crippen LogP contribution is -2.34. The summed E-state index contributed by atoms with van der Waals surface area (Å²) in [6, 6.07) is 0. The Labute approximate surface area is 99.6 Å². The maximum absolute atomic E-state index is 12.7. The van der Waals surface area contributed by atoms with Gasteiger partial charge in [-0.1, -0.05) is 6.92 Å². The van der Waals surface area contributed by atoms with Crippen molar-refractivity contribution in [1.82, 2.24) is 5.32 Å². The van der Waals surface area contributed by atoms with Crippen molar-refractivity contribution in [3.8, 4) is 0 Å². The summed E-state index contributed by atoms with van der Waals surface area (Å²) in [5, 5.41) is 10.7. The molecule has 0 heterocycles. The van der Waals surface area contributed by atoms with Crippen LogP contribution in [0.5, 0.6) is 0 Å². The van der Waals surface area contributed by atoms with Gasteiger partial charge < -0.3 is 15.2 Å². The topological polar surface area (TPSA) is 75.6 Å². The van der Waals surface area contributed by atoms with Crippen molar-refractivity contribution >= 4 is 12.1 Å². The molecule has 0 aliphatic heterocycles. The Kier molecular flexibility index (Phi) is 5.64. The van der Waals surface area contributed by atoms with E-state index in [4.69, 9.17) is 9.84 Å². The molecule has 98 valence electrons. The lowest BCUT2D eigenvalue weighted by molar-refractivity contribution is -0.134. The van der Waals surface area contributed by atoms with Crippen molar-refractivity contribution in [2.75, 3.05) is 6.54 Å². The number of halogens is 1. The molecule has 0 aromatic rings. The second-order valence-corrected chi connectivity index (χ2v) is 4.68. The second kappa shape index (κ2) is 6.22. The Bertz CT molecular complexity index is 320. The molecule has 0 spiro atoms. The maximum atomic E-state index is 12.7. The number of carboxylic acid groups (broad SMARTS) is 1. The average Bonchev–Trinajstić information content (AvgIpc) is 2.11. The fourth-order valence-electron chi connectivity index (χ4n) is 0.939. The van der Waals surface area contributed by atoms with Crippen LogP contribution in [0, 0.1) is 5.92 Å². The Morgan fingerprint density at radius 1 is 1.47 bits per heavy atom. The number of nitrogens with one attached hydrogen (secondary N) is 1. The molecule has 0 saturated heterocycles. The third-order valence-electron chi connectivity index (χ3n) is 1.60. The van der Waals surface area contributed by atoms with Gasteiger partial charge in [0.15, 0.2) is 0 Å². The van der Waals surface area contributed by atoms with E-state index in [1.165, 1.54) is 0 Å². The number of carbonyl (C=O) groups excluding carboxylic acids is 1. The Morgan fingerprint density at radius 3 is 2.41 bits per heavy atom. The number of ether oxygens (including phenoxy) is 1. The molecule has 6 heteroatoms. The Balaban J connectivity index is 4.09. The highest BCUT2D eigenvalue weighted by Crippen LogP contribution is 2.07. The quantitative estimate of drug-likeness (QED) is 0.746. The molecule has 2 N–H and O–H groups in total. The number of alkyl carbamates (subject to hydrolysis) is 1. The van der Waals surface area contributed by atoms with E-state index >= 15 is 0 Å². The lowest BCUT2D eigenvalue weighted by atomic mass is 10.1. The zero-order valence-corrected chi connectivity index (χ0v) is 10.4. The van der Waals surface area contributed by atoms with Gasteiger partial charge in [0, 0.05) is 6.54 Å². The fraction of sp³-hybridized carbons (Fsp3) is 0.636. The molecule has 0 aliphatic rings. The Morgan fingerprint density at radius 2 is 2.00 bits per heavy atom. The molecule has 0 aromatic heterocycles. The van der Waals surface area contributed by atoms with Crippen LogP contribution in [0.3, 0.4) is 0 Å². The van der Waals surface area contributed by atoms with Gasteiger partial charge in [-0.2, -0.15) is 4.39 Å². The van der Waals surface area contributed by atoms with Crippen LogP contribution in [0.1, 0.15) is 27.7 Å². The summed E-state index contributed by atoms with van der Waals surface area (Å²) >= 11 is 0. The lowest BCUT2D eigenvalue weighted by Gasteiger charge is -2.20. The van der Waals surface area contributed by atoms with Crippen LogP contribution in [0.4, 0.5) is 9.18 Å². The summed E-state index contributed by atoms with van der Waals surface area (Å²) in [6.45, 7) is 6.86. The molecule has 0 aliphatic carbocycles. The van der Waals surface area contributed by atoms with E-state index in [0.717, 1.165) is 6.08 Å². The minimum absolute atomic E-state index is 0.107. The molecule has 17 heavy (non-hydrogen) atoms. The highest BCUT2D eigenvalue weighted by atomic mass is 19.1. The SMILES string of the molecule is CC(/C=C(/F)C(=O)O)CNC(=O)OC(C)(C)C. The summed E-state index contributed by atoms with van der Waals surface area (Å²) in [5.74, 6) is -3.28. The Hall–Kier alpha value is -1.59. The van der Waals surface area contributed by atoms with Gasteiger partial charge in [-0.15, -0.1) is 0 Å². The molecule has 0 aromatic carbocycles. The van der Waals surface area contributed by atoms with Gasteiger partial charge >= 0.3 is 12.1 Å². The minimum atomic E-state index is -1.62. The first-order chi connectivity index (χ1) is 7.61. The number of carboxylic acids is 1. The summed E-state index contributed by atoms with van der Waals surface area (Å²) in [7, 11) is 0. The van der Waals surface area contributed by atoms with Gasteiger partial charge in [0.05, 0.1) is 0 Å². The molecule has 1 amide bonds. The smallest absolute Gasteiger partial charge is 0.407 e. The fourth-order valence-corrected chi connectivity index (χ4v) is 0.939.